The Kier molecular flexibility index (Phi) is 4.45. The van der Waals surface area contributed by atoms with E-state index in [-0.39, 0.29) is 18.4 Å². The molecule has 21 heavy (non-hydrogen) atoms. The number of carbonyl (C=O) groups is 2. The SMILES string of the molecule is O=C1CN(CC(=O)N2CCC3(CCNCC3)CC2)CCO1. The minimum Gasteiger partial charge on any atom is -0.463 e. The molecule has 0 unspecified atom stereocenters. The minimum absolute atomic E-state index is 0.161. The Hall–Kier alpha value is -1.14. The Labute approximate surface area is 125 Å². The fourth-order valence-electron chi connectivity index (χ4n) is 3.71. The van der Waals surface area contributed by atoms with Crippen LogP contribution in [0.3, 0.4) is 0 Å². The average molecular weight is 295 g/mol. The topological polar surface area (TPSA) is 61.9 Å². The van der Waals surface area contributed by atoms with Gasteiger partial charge in [0.15, 0.2) is 0 Å². The zero-order valence-electron chi connectivity index (χ0n) is 12.6. The maximum atomic E-state index is 12.4. The van der Waals surface area contributed by atoms with Crippen molar-refractivity contribution in [2.45, 2.75) is 25.7 Å². The van der Waals surface area contributed by atoms with Crippen molar-refractivity contribution in [1.82, 2.24) is 15.1 Å². The van der Waals surface area contributed by atoms with Crippen LogP contribution in [0.1, 0.15) is 25.7 Å². The Balaban J connectivity index is 1.47. The van der Waals surface area contributed by atoms with Crippen molar-refractivity contribution in [1.29, 1.82) is 0 Å². The molecule has 0 aromatic heterocycles. The van der Waals surface area contributed by atoms with Gasteiger partial charge in [-0.25, -0.2) is 0 Å². The first-order valence-electron chi connectivity index (χ1n) is 8.03. The summed E-state index contributed by atoms with van der Waals surface area (Å²) in [7, 11) is 0. The summed E-state index contributed by atoms with van der Waals surface area (Å²) in [5.41, 5.74) is 0.469. The lowest BCUT2D eigenvalue weighted by atomic mass is 9.71. The van der Waals surface area contributed by atoms with E-state index in [1.165, 1.54) is 12.8 Å². The van der Waals surface area contributed by atoms with Crippen LogP contribution in [0.4, 0.5) is 0 Å². The Morgan fingerprint density at radius 1 is 1.14 bits per heavy atom. The van der Waals surface area contributed by atoms with E-state index in [4.69, 9.17) is 4.74 Å². The summed E-state index contributed by atoms with van der Waals surface area (Å²) in [4.78, 5) is 27.5. The smallest absolute Gasteiger partial charge is 0.320 e. The number of esters is 1. The number of carbonyl (C=O) groups excluding carboxylic acids is 2. The highest BCUT2D eigenvalue weighted by Crippen LogP contribution is 2.39. The van der Waals surface area contributed by atoms with Crippen LogP contribution in [-0.2, 0) is 14.3 Å². The summed E-state index contributed by atoms with van der Waals surface area (Å²) < 4.78 is 4.90. The summed E-state index contributed by atoms with van der Waals surface area (Å²) in [5.74, 6) is -0.0603. The van der Waals surface area contributed by atoms with Crippen LogP contribution < -0.4 is 5.32 Å². The van der Waals surface area contributed by atoms with E-state index in [1.54, 1.807) is 0 Å². The number of ether oxygens (including phenoxy) is 1. The van der Waals surface area contributed by atoms with Crippen LogP contribution in [-0.4, -0.2) is 74.1 Å². The van der Waals surface area contributed by atoms with Gasteiger partial charge in [0.25, 0.3) is 0 Å². The zero-order valence-corrected chi connectivity index (χ0v) is 12.6. The highest BCUT2D eigenvalue weighted by Gasteiger charge is 2.37. The second-order valence-electron chi connectivity index (χ2n) is 6.56. The molecule has 0 aromatic carbocycles. The number of rotatable bonds is 2. The van der Waals surface area contributed by atoms with Crippen molar-refractivity contribution in [3.8, 4) is 0 Å². The molecule has 3 fully saturated rings. The van der Waals surface area contributed by atoms with E-state index in [2.05, 4.69) is 5.32 Å². The van der Waals surface area contributed by atoms with Crippen molar-refractivity contribution in [3.05, 3.63) is 0 Å². The van der Waals surface area contributed by atoms with Crippen LogP contribution >= 0.6 is 0 Å². The van der Waals surface area contributed by atoms with Crippen molar-refractivity contribution in [2.75, 3.05) is 52.4 Å². The normalized spacial score (nSPS) is 26.7. The molecule has 0 atom stereocenters. The summed E-state index contributed by atoms with van der Waals surface area (Å²) >= 11 is 0. The molecule has 3 heterocycles. The number of cyclic esters (lactones) is 1. The van der Waals surface area contributed by atoms with Crippen LogP contribution in [0.5, 0.6) is 0 Å². The molecule has 1 amide bonds. The number of nitrogens with zero attached hydrogens (tertiary/aromatic N) is 2. The number of nitrogens with one attached hydrogen (secondary N) is 1. The lowest BCUT2D eigenvalue weighted by Gasteiger charge is -2.44. The fourth-order valence-corrected chi connectivity index (χ4v) is 3.71. The molecule has 1 spiro atoms. The third kappa shape index (κ3) is 3.55. The predicted molar refractivity (Wildman–Crippen MR) is 77.7 cm³/mol. The van der Waals surface area contributed by atoms with Crippen LogP contribution in [0.25, 0.3) is 0 Å². The quantitative estimate of drug-likeness (QED) is 0.717. The molecule has 118 valence electrons. The predicted octanol–water partition coefficient (Wildman–Crippen LogP) is -0.163. The molecule has 3 saturated heterocycles. The molecule has 0 radical (unpaired) electrons. The van der Waals surface area contributed by atoms with E-state index in [0.717, 1.165) is 39.0 Å². The van der Waals surface area contributed by atoms with Gasteiger partial charge in [-0.15, -0.1) is 0 Å². The molecule has 1 N–H and O–H groups in total. The van der Waals surface area contributed by atoms with Crippen molar-refractivity contribution in [2.24, 2.45) is 5.41 Å². The average Bonchev–Trinajstić information content (AvgIpc) is 2.49. The third-order valence-corrected chi connectivity index (χ3v) is 5.22. The minimum atomic E-state index is -0.221. The standard InChI is InChI=1S/C15H25N3O3/c19-13(11-17-9-10-21-14(20)12-17)18-7-3-15(4-8-18)1-5-16-6-2-15/h16H,1-12H2. The zero-order chi connectivity index (χ0) is 14.7. The molecular formula is C15H25N3O3. The maximum Gasteiger partial charge on any atom is 0.320 e. The number of amides is 1. The van der Waals surface area contributed by atoms with E-state index < -0.39 is 0 Å². The second kappa shape index (κ2) is 6.32. The second-order valence-corrected chi connectivity index (χ2v) is 6.56. The van der Waals surface area contributed by atoms with E-state index in [1.807, 2.05) is 9.80 Å². The van der Waals surface area contributed by atoms with Crippen molar-refractivity contribution in [3.63, 3.8) is 0 Å². The molecule has 0 bridgehead atoms. The number of morpholine rings is 1. The van der Waals surface area contributed by atoms with E-state index >= 15 is 0 Å². The third-order valence-electron chi connectivity index (χ3n) is 5.22. The van der Waals surface area contributed by atoms with Gasteiger partial charge >= 0.3 is 5.97 Å². The fraction of sp³-hybridized carbons (Fsp3) is 0.867. The largest absolute Gasteiger partial charge is 0.463 e. The van der Waals surface area contributed by atoms with Gasteiger partial charge in [-0.2, -0.15) is 0 Å². The molecule has 0 aromatic rings. The van der Waals surface area contributed by atoms with Gasteiger partial charge in [0, 0.05) is 19.6 Å². The summed E-state index contributed by atoms with van der Waals surface area (Å²) in [6.45, 7) is 5.64. The summed E-state index contributed by atoms with van der Waals surface area (Å²) in [5, 5.41) is 3.42. The first kappa shape index (κ1) is 14.8. The van der Waals surface area contributed by atoms with Gasteiger partial charge in [-0.05, 0) is 44.2 Å². The number of hydrogen-bond acceptors (Lipinski definition) is 5. The molecule has 3 rings (SSSR count). The Morgan fingerprint density at radius 3 is 2.52 bits per heavy atom. The first-order valence-corrected chi connectivity index (χ1v) is 8.03. The van der Waals surface area contributed by atoms with Crippen LogP contribution in [0.2, 0.25) is 0 Å². The highest BCUT2D eigenvalue weighted by molar-refractivity contribution is 5.79. The molecule has 0 aliphatic carbocycles. The molecule has 3 aliphatic heterocycles. The lowest BCUT2D eigenvalue weighted by Crippen LogP contribution is -2.51. The van der Waals surface area contributed by atoms with Crippen molar-refractivity contribution >= 4 is 11.9 Å². The van der Waals surface area contributed by atoms with Gasteiger partial charge in [-0.1, -0.05) is 0 Å². The van der Waals surface area contributed by atoms with Gasteiger partial charge in [0.1, 0.15) is 6.61 Å². The maximum absolute atomic E-state index is 12.4. The van der Waals surface area contributed by atoms with Crippen LogP contribution in [0, 0.1) is 5.41 Å². The number of hydrogen-bond donors (Lipinski definition) is 1. The number of piperidine rings is 2. The molecular weight excluding hydrogens is 270 g/mol. The van der Waals surface area contributed by atoms with Gasteiger partial charge < -0.3 is 15.0 Å². The van der Waals surface area contributed by atoms with E-state index in [0.29, 0.717) is 25.1 Å². The Bertz CT molecular complexity index is 397. The van der Waals surface area contributed by atoms with Gasteiger partial charge in [0.05, 0.1) is 13.1 Å². The Morgan fingerprint density at radius 2 is 1.86 bits per heavy atom. The number of likely N-dealkylation sites (tertiary alicyclic amines) is 1. The first-order chi connectivity index (χ1) is 10.2. The summed E-state index contributed by atoms with van der Waals surface area (Å²) in [6.07, 6.45) is 4.74. The van der Waals surface area contributed by atoms with Crippen LogP contribution in [0.15, 0.2) is 0 Å². The lowest BCUT2D eigenvalue weighted by molar-refractivity contribution is -0.152. The van der Waals surface area contributed by atoms with Gasteiger partial charge in [-0.3, -0.25) is 14.5 Å². The summed E-state index contributed by atoms with van der Waals surface area (Å²) in [6, 6.07) is 0. The van der Waals surface area contributed by atoms with Crippen molar-refractivity contribution < 1.29 is 14.3 Å². The highest BCUT2D eigenvalue weighted by atomic mass is 16.5. The van der Waals surface area contributed by atoms with Gasteiger partial charge in [0.2, 0.25) is 5.91 Å². The van der Waals surface area contributed by atoms with E-state index in [9.17, 15) is 9.59 Å². The molecule has 3 aliphatic rings. The molecule has 0 saturated carbocycles. The monoisotopic (exact) mass is 295 g/mol. The molecule has 6 nitrogen and oxygen atoms in total. The molecule has 6 heteroatoms.